The molecule has 0 saturated carbocycles. The zero-order valence-corrected chi connectivity index (χ0v) is 11.6. The number of aromatic nitrogens is 2. The second kappa shape index (κ2) is 5.69. The average molecular weight is 300 g/mol. The largest absolute Gasteiger partial charge is 0.380 e. The minimum Gasteiger partial charge on any atom is -0.380 e. The van der Waals surface area contributed by atoms with Crippen LogP contribution in [-0.4, -0.2) is 14.7 Å². The van der Waals surface area contributed by atoms with E-state index in [2.05, 4.69) is 4.98 Å². The minimum absolute atomic E-state index is 0.112. The van der Waals surface area contributed by atoms with Crippen molar-refractivity contribution in [1.82, 2.24) is 9.55 Å². The zero-order chi connectivity index (χ0) is 15.6. The van der Waals surface area contributed by atoms with Gasteiger partial charge in [-0.1, -0.05) is 60.7 Å². The van der Waals surface area contributed by atoms with Gasteiger partial charge in [-0.3, -0.25) is 4.57 Å². The number of imidazole rings is 1. The molecular formula is C17H14F2N2O. The van der Waals surface area contributed by atoms with Gasteiger partial charge in [0.2, 0.25) is 0 Å². The molecule has 1 heterocycles. The van der Waals surface area contributed by atoms with E-state index < -0.39 is 12.2 Å². The molecule has 5 heteroatoms. The molecule has 0 unspecified atom stereocenters. The van der Waals surface area contributed by atoms with Crippen molar-refractivity contribution in [3.05, 3.63) is 78.6 Å². The van der Waals surface area contributed by atoms with Gasteiger partial charge in [-0.15, -0.1) is 0 Å². The lowest BCUT2D eigenvalue weighted by molar-refractivity contribution is -0.173. The van der Waals surface area contributed by atoms with Gasteiger partial charge in [0.05, 0.1) is 0 Å². The number of halogens is 2. The summed E-state index contributed by atoms with van der Waals surface area (Å²) in [7, 11) is 0. The predicted octanol–water partition coefficient (Wildman–Crippen LogP) is 3.83. The summed E-state index contributed by atoms with van der Waals surface area (Å²) in [4.78, 5) is 4.00. The molecule has 0 fully saturated rings. The van der Waals surface area contributed by atoms with Gasteiger partial charge in [-0.25, -0.2) is 4.98 Å². The molecule has 0 aliphatic rings. The van der Waals surface area contributed by atoms with Crippen molar-refractivity contribution < 1.29 is 13.9 Å². The van der Waals surface area contributed by atoms with E-state index in [4.69, 9.17) is 0 Å². The Morgan fingerprint density at radius 2 is 1.55 bits per heavy atom. The van der Waals surface area contributed by atoms with E-state index in [-0.39, 0.29) is 11.4 Å². The van der Waals surface area contributed by atoms with Gasteiger partial charge in [0.1, 0.15) is 5.82 Å². The first-order valence-corrected chi connectivity index (χ1v) is 6.81. The lowest BCUT2D eigenvalue weighted by atomic mass is 10.1. The fourth-order valence-electron chi connectivity index (χ4n) is 2.31. The van der Waals surface area contributed by atoms with Crippen molar-refractivity contribution >= 4 is 0 Å². The van der Waals surface area contributed by atoms with E-state index in [1.165, 1.54) is 24.5 Å². The van der Waals surface area contributed by atoms with Crippen molar-refractivity contribution in [3.8, 4) is 11.4 Å². The summed E-state index contributed by atoms with van der Waals surface area (Å²) in [5.41, 5.74) is 0.715. The van der Waals surface area contributed by atoms with Gasteiger partial charge < -0.3 is 5.11 Å². The minimum atomic E-state index is -3.51. The van der Waals surface area contributed by atoms with E-state index in [0.717, 1.165) is 0 Å². The van der Waals surface area contributed by atoms with Crippen LogP contribution in [0.1, 0.15) is 11.7 Å². The number of hydrogen-bond donors (Lipinski definition) is 1. The highest BCUT2D eigenvalue weighted by molar-refractivity contribution is 5.55. The first-order chi connectivity index (χ1) is 10.6. The highest BCUT2D eigenvalue weighted by Gasteiger charge is 2.42. The molecule has 112 valence electrons. The Hall–Kier alpha value is -2.53. The maximum absolute atomic E-state index is 14.7. The number of aliphatic hydroxyl groups is 1. The highest BCUT2D eigenvalue weighted by Crippen LogP contribution is 2.38. The topological polar surface area (TPSA) is 38.0 Å². The number of rotatable bonds is 4. The van der Waals surface area contributed by atoms with Gasteiger partial charge in [0.25, 0.3) is 0 Å². The molecule has 3 aromatic rings. The predicted molar refractivity (Wildman–Crippen MR) is 79.3 cm³/mol. The van der Waals surface area contributed by atoms with Crippen molar-refractivity contribution in [2.45, 2.75) is 12.2 Å². The van der Waals surface area contributed by atoms with Crippen LogP contribution >= 0.6 is 0 Å². The molecule has 1 aromatic heterocycles. The van der Waals surface area contributed by atoms with Crippen LogP contribution in [0.2, 0.25) is 0 Å². The Morgan fingerprint density at radius 3 is 2.18 bits per heavy atom. The molecule has 0 amide bonds. The number of alkyl halides is 2. The van der Waals surface area contributed by atoms with Crippen LogP contribution in [0.5, 0.6) is 0 Å². The SMILES string of the molecule is O[C@@H](c1ccccc1)C(F)(F)n1ccnc1-c1ccccc1. The monoisotopic (exact) mass is 300 g/mol. The Kier molecular flexibility index (Phi) is 3.73. The molecule has 0 aliphatic heterocycles. The van der Waals surface area contributed by atoms with Gasteiger partial charge in [0.15, 0.2) is 6.10 Å². The third-order valence-electron chi connectivity index (χ3n) is 3.44. The van der Waals surface area contributed by atoms with E-state index in [0.29, 0.717) is 10.1 Å². The van der Waals surface area contributed by atoms with Crippen molar-refractivity contribution in [1.29, 1.82) is 0 Å². The number of benzene rings is 2. The maximum Gasteiger partial charge on any atom is 0.360 e. The molecule has 3 rings (SSSR count). The molecule has 22 heavy (non-hydrogen) atoms. The lowest BCUT2D eigenvalue weighted by Crippen LogP contribution is -2.31. The van der Waals surface area contributed by atoms with Gasteiger partial charge in [-0.2, -0.15) is 8.78 Å². The Morgan fingerprint density at radius 1 is 0.955 bits per heavy atom. The average Bonchev–Trinajstić information content (AvgIpc) is 3.06. The second-order valence-electron chi connectivity index (χ2n) is 4.89. The van der Waals surface area contributed by atoms with Crippen LogP contribution in [0.3, 0.4) is 0 Å². The van der Waals surface area contributed by atoms with E-state index in [9.17, 15) is 13.9 Å². The van der Waals surface area contributed by atoms with Crippen molar-refractivity contribution in [3.63, 3.8) is 0 Å². The number of hydrogen-bond acceptors (Lipinski definition) is 2. The summed E-state index contributed by atoms with van der Waals surface area (Å²) in [5.74, 6) is 0.112. The number of aliphatic hydroxyl groups excluding tert-OH is 1. The van der Waals surface area contributed by atoms with Gasteiger partial charge in [0, 0.05) is 18.0 Å². The van der Waals surface area contributed by atoms with Crippen molar-refractivity contribution in [2.75, 3.05) is 0 Å². The van der Waals surface area contributed by atoms with Crippen LogP contribution in [0.25, 0.3) is 11.4 Å². The molecule has 1 N–H and O–H groups in total. The summed E-state index contributed by atoms with van der Waals surface area (Å²) < 4.78 is 30.1. The molecule has 0 bridgehead atoms. The summed E-state index contributed by atoms with van der Waals surface area (Å²) in [6, 6.07) is 13.1. The maximum atomic E-state index is 14.7. The van der Waals surface area contributed by atoms with E-state index in [1.54, 1.807) is 48.5 Å². The van der Waals surface area contributed by atoms with Gasteiger partial charge in [-0.05, 0) is 5.56 Å². The molecule has 0 spiro atoms. The Bertz CT molecular complexity index is 742. The molecular weight excluding hydrogens is 286 g/mol. The second-order valence-corrected chi connectivity index (χ2v) is 4.89. The smallest absolute Gasteiger partial charge is 0.360 e. The van der Waals surface area contributed by atoms with Crippen LogP contribution in [0.4, 0.5) is 8.78 Å². The number of nitrogens with zero attached hydrogens (tertiary/aromatic N) is 2. The molecule has 0 aliphatic carbocycles. The van der Waals surface area contributed by atoms with E-state index >= 15 is 0 Å². The summed E-state index contributed by atoms with van der Waals surface area (Å²) in [6.07, 6.45) is 0.521. The normalized spacial score (nSPS) is 13.0. The standard InChI is InChI=1S/C17H14F2N2O/c18-17(19,15(22)13-7-3-1-4-8-13)21-12-11-20-16(21)14-9-5-2-6-10-14/h1-12,15,22H/t15-/m0/s1. The van der Waals surface area contributed by atoms with Crippen LogP contribution in [0, 0.1) is 0 Å². The molecule has 0 saturated heterocycles. The van der Waals surface area contributed by atoms with Crippen molar-refractivity contribution in [2.24, 2.45) is 0 Å². The van der Waals surface area contributed by atoms with Gasteiger partial charge >= 0.3 is 6.05 Å². The van der Waals surface area contributed by atoms with Crippen LogP contribution < -0.4 is 0 Å². The van der Waals surface area contributed by atoms with E-state index in [1.807, 2.05) is 0 Å². The Balaban J connectivity index is 2.02. The van der Waals surface area contributed by atoms with Crippen LogP contribution in [0.15, 0.2) is 73.1 Å². The summed E-state index contributed by atoms with van der Waals surface area (Å²) in [6.45, 7) is 0. The van der Waals surface area contributed by atoms with Crippen LogP contribution in [-0.2, 0) is 6.05 Å². The first kappa shape index (κ1) is 14.4. The third-order valence-corrected chi connectivity index (χ3v) is 3.44. The summed E-state index contributed by atoms with van der Waals surface area (Å²) >= 11 is 0. The fourth-order valence-corrected chi connectivity index (χ4v) is 2.31. The molecule has 3 nitrogen and oxygen atoms in total. The fraction of sp³-hybridized carbons (Fsp3) is 0.118. The molecule has 2 aromatic carbocycles. The zero-order valence-electron chi connectivity index (χ0n) is 11.6. The lowest BCUT2D eigenvalue weighted by Gasteiger charge is -2.25. The molecule has 1 atom stereocenters. The quantitative estimate of drug-likeness (QED) is 0.795. The Labute approximate surface area is 126 Å². The highest BCUT2D eigenvalue weighted by atomic mass is 19.3. The molecule has 0 radical (unpaired) electrons. The summed E-state index contributed by atoms with van der Waals surface area (Å²) in [5, 5.41) is 10.1. The third kappa shape index (κ3) is 2.51. The first-order valence-electron chi connectivity index (χ1n) is 6.81.